The Morgan fingerprint density at radius 2 is 1.76 bits per heavy atom. The van der Waals surface area contributed by atoms with Gasteiger partial charge in [-0.3, -0.25) is 0 Å². The minimum Gasteiger partial charge on any atom is -0.457 e. The van der Waals surface area contributed by atoms with Gasteiger partial charge in [0, 0.05) is 15.7 Å². The third-order valence-corrected chi connectivity index (χ3v) is 3.83. The fourth-order valence-corrected chi connectivity index (χ4v) is 2.47. The molecule has 2 rings (SSSR count). The molecule has 0 bridgehead atoms. The van der Waals surface area contributed by atoms with Crippen LogP contribution in [0.1, 0.15) is 31.9 Å². The summed E-state index contributed by atoms with van der Waals surface area (Å²) in [5.74, 6) is 1.76. The molecule has 0 saturated heterocycles. The number of ether oxygens (including phenoxy) is 1. The molecule has 112 valence electrons. The molecule has 0 unspecified atom stereocenters. The molecule has 1 N–H and O–H groups in total. The van der Waals surface area contributed by atoms with Crippen LogP contribution in [-0.4, -0.2) is 5.54 Å². The van der Waals surface area contributed by atoms with E-state index in [2.05, 4.69) is 73.8 Å². The summed E-state index contributed by atoms with van der Waals surface area (Å²) in [5, 5.41) is 3.51. The van der Waals surface area contributed by atoms with Crippen molar-refractivity contribution in [1.29, 1.82) is 0 Å². The van der Waals surface area contributed by atoms with Crippen LogP contribution in [0.5, 0.6) is 11.5 Å². The maximum absolute atomic E-state index is 5.92. The zero-order chi connectivity index (χ0) is 15.5. The van der Waals surface area contributed by atoms with Crippen LogP contribution in [0.25, 0.3) is 0 Å². The summed E-state index contributed by atoms with van der Waals surface area (Å²) in [7, 11) is 0. The molecule has 0 atom stereocenters. The van der Waals surface area contributed by atoms with Crippen molar-refractivity contribution >= 4 is 22.6 Å². The Morgan fingerprint density at radius 1 is 1.05 bits per heavy atom. The average Bonchev–Trinajstić information content (AvgIpc) is 2.36. The van der Waals surface area contributed by atoms with Crippen molar-refractivity contribution in [2.75, 3.05) is 0 Å². The normalized spacial score (nSPS) is 11.5. The zero-order valence-corrected chi connectivity index (χ0v) is 15.2. The smallest absolute Gasteiger partial charge is 0.128 e. The van der Waals surface area contributed by atoms with Gasteiger partial charge in [-0.15, -0.1) is 0 Å². The third kappa shape index (κ3) is 5.32. The van der Waals surface area contributed by atoms with Gasteiger partial charge in [0.15, 0.2) is 0 Å². The second kappa shape index (κ2) is 6.79. The van der Waals surface area contributed by atoms with E-state index in [1.807, 2.05) is 24.3 Å². The molecule has 0 fully saturated rings. The quantitative estimate of drug-likeness (QED) is 0.712. The van der Waals surface area contributed by atoms with Crippen LogP contribution in [0.4, 0.5) is 0 Å². The second-order valence-corrected chi connectivity index (χ2v) is 7.50. The van der Waals surface area contributed by atoms with Crippen molar-refractivity contribution in [3.05, 3.63) is 57.2 Å². The first kappa shape index (κ1) is 16.3. The second-order valence-electron chi connectivity index (χ2n) is 6.25. The molecule has 0 aliphatic heterocycles. The van der Waals surface area contributed by atoms with E-state index in [1.54, 1.807) is 0 Å². The van der Waals surface area contributed by atoms with Gasteiger partial charge in [0.2, 0.25) is 0 Å². The first-order chi connectivity index (χ1) is 9.83. The maximum Gasteiger partial charge on any atom is 0.128 e. The lowest BCUT2D eigenvalue weighted by Crippen LogP contribution is -2.35. The lowest BCUT2D eigenvalue weighted by molar-refractivity contribution is 0.423. The number of nitrogens with one attached hydrogen (secondary N) is 1. The monoisotopic (exact) mass is 395 g/mol. The van der Waals surface area contributed by atoms with Gasteiger partial charge in [-0.1, -0.05) is 12.1 Å². The van der Waals surface area contributed by atoms with Gasteiger partial charge >= 0.3 is 0 Å². The largest absolute Gasteiger partial charge is 0.457 e. The number of benzene rings is 2. The molecular weight excluding hydrogens is 373 g/mol. The van der Waals surface area contributed by atoms with Gasteiger partial charge in [0.1, 0.15) is 11.5 Å². The van der Waals surface area contributed by atoms with Crippen molar-refractivity contribution in [3.8, 4) is 11.5 Å². The number of halogens is 1. The number of hydrogen-bond donors (Lipinski definition) is 1. The van der Waals surface area contributed by atoms with E-state index < -0.39 is 0 Å². The maximum atomic E-state index is 5.92. The molecule has 2 aromatic rings. The van der Waals surface area contributed by atoms with Gasteiger partial charge in [-0.2, -0.15) is 0 Å². The Balaban J connectivity index is 2.08. The van der Waals surface area contributed by atoms with Gasteiger partial charge in [-0.25, -0.2) is 0 Å². The van der Waals surface area contributed by atoms with E-state index >= 15 is 0 Å². The lowest BCUT2D eigenvalue weighted by Gasteiger charge is -2.21. The minimum absolute atomic E-state index is 0.127. The molecule has 0 amide bonds. The predicted molar refractivity (Wildman–Crippen MR) is 97.0 cm³/mol. The summed E-state index contributed by atoms with van der Waals surface area (Å²) in [6.45, 7) is 9.53. The molecule has 0 heterocycles. The van der Waals surface area contributed by atoms with Crippen molar-refractivity contribution in [3.63, 3.8) is 0 Å². The summed E-state index contributed by atoms with van der Waals surface area (Å²) in [5.41, 5.74) is 2.68. The summed E-state index contributed by atoms with van der Waals surface area (Å²) < 4.78 is 7.09. The first-order valence-corrected chi connectivity index (χ1v) is 8.19. The van der Waals surface area contributed by atoms with Crippen LogP contribution in [-0.2, 0) is 6.54 Å². The summed E-state index contributed by atoms with van der Waals surface area (Å²) in [4.78, 5) is 0. The fraction of sp³-hybridized carbons (Fsp3) is 0.333. The highest BCUT2D eigenvalue weighted by Crippen LogP contribution is 2.25. The topological polar surface area (TPSA) is 21.3 Å². The van der Waals surface area contributed by atoms with Crippen LogP contribution in [0.2, 0.25) is 0 Å². The summed E-state index contributed by atoms with van der Waals surface area (Å²) in [6.07, 6.45) is 0. The minimum atomic E-state index is 0.127. The molecule has 2 aromatic carbocycles. The standard InChI is InChI=1S/C18H22INO/c1-13-10-17(21-16-7-5-6-15(19)11-16)9-8-14(13)12-20-18(2,3)4/h5-11,20H,12H2,1-4H3. The molecule has 0 aliphatic rings. The highest BCUT2D eigenvalue weighted by Gasteiger charge is 2.10. The van der Waals surface area contributed by atoms with Crippen LogP contribution in [0, 0.1) is 10.5 Å². The Morgan fingerprint density at radius 3 is 2.38 bits per heavy atom. The summed E-state index contributed by atoms with van der Waals surface area (Å²) >= 11 is 2.29. The van der Waals surface area contributed by atoms with Crippen LogP contribution < -0.4 is 10.1 Å². The van der Waals surface area contributed by atoms with E-state index in [4.69, 9.17) is 4.74 Å². The number of hydrogen-bond acceptors (Lipinski definition) is 2. The van der Waals surface area contributed by atoms with Crippen LogP contribution in [0.15, 0.2) is 42.5 Å². The predicted octanol–water partition coefficient (Wildman–Crippen LogP) is 5.28. The van der Waals surface area contributed by atoms with Gasteiger partial charge in [-0.05, 0) is 91.7 Å². The average molecular weight is 395 g/mol. The van der Waals surface area contributed by atoms with Crippen molar-refractivity contribution < 1.29 is 4.74 Å². The van der Waals surface area contributed by atoms with E-state index in [9.17, 15) is 0 Å². The number of aryl methyl sites for hydroxylation is 1. The molecule has 0 saturated carbocycles. The summed E-state index contributed by atoms with van der Waals surface area (Å²) in [6, 6.07) is 14.3. The van der Waals surface area contributed by atoms with Gasteiger partial charge in [0.25, 0.3) is 0 Å². The van der Waals surface area contributed by atoms with Gasteiger partial charge < -0.3 is 10.1 Å². The van der Waals surface area contributed by atoms with Crippen molar-refractivity contribution in [1.82, 2.24) is 5.32 Å². The molecule has 0 aliphatic carbocycles. The number of rotatable bonds is 4. The highest BCUT2D eigenvalue weighted by atomic mass is 127. The van der Waals surface area contributed by atoms with Crippen molar-refractivity contribution in [2.45, 2.75) is 39.8 Å². The zero-order valence-electron chi connectivity index (χ0n) is 13.0. The first-order valence-electron chi connectivity index (χ1n) is 7.11. The third-order valence-electron chi connectivity index (χ3n) is 3.16. The molecule has 3 heteroatoms. The Hall–Kier alpha value is -1.07. The molecular formula is C18H22INO. The van der Waals surface area contributed by atoms with Gasteiger partial charge in [0.05, 0.1) is 0 Å². The molecule has 0 radical (unpaired) electrons. The SMILES string of the molecule is Cc1cc(Oc2cccc(I)c2)ccc1CNC(C)(C)C. The van der Waals surface area contributed by atoms with E-state index in [1.165, 1.54) is 14.7 Å². The molecule has 21 heavy (non-hydrogen) atoms. The van der Waals surface area contributed by atoms with Crippen LogP contribution >= 0.6 is 22.6 Å². The van der Waals surface area contributed by atoms with E-state index in [-0.39, 0.29) is 5.54 Å². The molecule has 2 nitrogen and oxygen atoms in total. The highest BCUT2D eigenvalue weighted by molar-refractivity contribution is 14.1. The lowest BCUT2D eigenvalue weighted by atomic mass is 10.1. The van der Waals surface area contributed by atoms with E-state index in [0.29, 0.717) is 0 Å². The molecule has 0 aromatic heterocycles. The Bertz CT molecular complexity index is 617. The Labute approximate surface area is 141 Å². The molecule has 0 spiro atoms. The van der Waals surface area contributed by atoms with E-state index in [0.717, 1.165) is 18.0 Å². The fourth-order valence-electron chi connectivity index (χ4n) is 1.96. The van der Waals surface area contributed by atoms with Crippen LogP contribution in [0.3, 0.4) is 0 Å². The van der Waals surface area contributed by atoms with Crippen molar-refractivity contribution in [2.24, 2.45) is 0 Å². The Kier molecular flexibility index (Phi) is 5.27.